The minimum Gasteiger partial charge on any atom is -0.396 e. The Hall–Kier alpha value is -0.0800. The zero-order chi connectivity index (χ0) is 8.01. The first-order chi connectivity index (χ1) is 5.24. The highest BCUT2D eigenvalue weighted by molar-refractivity contribution is 6.21. The number of aliphatic hydroxyl groups is 1. The minimum absolute atomic E-state index is 0.0764. The lowest BCUT2D eigenvalue weighted by atomic mass is 9.99. The van der Waals surface area contributed by atoms with Gasteiger partial charge in [-0.05, 0) is 18.3 Å². The Kier molecular flexibility index (Phi) is 1.69. The molecule has 0 saturated heterocycles. The molecular formula is C8H11ClO2. The summed E-state index contributed by atoms with van der Waals surface area (Å²) >= 11 is 5.98. The van der Waals surface area contributed by atoms with Gasteiger partial charge in [-0.1, -0.05) is 0 Å². The van der Waals surface area contributed by atoms with Gasteiger partial charge in [-0.15, -0.1) is 11.6 Å². The Bertz CT molecular complexity index is 193. The lowest BCUT2D eigenvalue weighted by Crippen LogP contribution is -2.16. The van der Waals surface area contributed by atoms with E-state index >= 15 is 0 Å². The molecule has 2 aliphatic carbocycles. The second kappa shape index (κ2) is 2.46. The highest BCUT2D eigenvalue weighted by atomic mass is 35.5. The fourth-order valence-electron chi connectivity index (χ4n) is 2.45. The van der Waals surface area contributed by atoms with Crippen LogP contribution in [0.2, 0.25) is 0 Å². The molecule has 3 heteroatoms. The van der Waals surface area contributed by atoms with Crippen LogP contribution in [0.15, 0.2) is 0 Å². The number of aliphatic hydroxyl groups excluding tert-OH is 1. The van der Waals surface area contributed by atoms with Gasteiger partial charge in [0.25, 0.3) is 0 Å². The summed E-state index contributed by atoms with van der Waals surface area (Å²) in [6.45, 7) is 0.129. The summed E-state index contributed by atoms with van der Waals surface area (Å²) in [6.07, 6.45) is 1.39. The van der Waals surface area contributed by atoms with Crippen LogP contribution in [0, 0.1) is 17.8 Å². The summed E-state index contributed by atoms with van der Waals surface area (Å²) in [7, 11) is 0. The van der Waals surface area contributed by atoms with Gasteiger partial charge in [-0.25, -0.2) is 0 Å². The molecule has 11 heavy (non-hydrogen) atoms. The molecule has 0 heterocycles. The van der Waals surface area contributed by atoms with Crippen molar-refractivity contribution < 1.29 is 9.90 Å². The van der Waals surface area contributed by atoms with E-state index in [9.17, 15) is 4.79 Å². The summed E-state index contributed by atoms with van der Waals surface area (Å²) in [6, 6.07) is 0. The Labute approximate surface area is 70.5 Å². The Balaban J connectivity index is 2.20. The summed E-state index contributed by atoms with van der Waals surface area (Å²) in [5, 5.41) is 9.11. The Morgan fingerprint density at radius 1 is 1.64 bits per heavy atom. The molecule has 0 radical (unpaired) electrons. The molecule has 1 N–H and O–H groups in total. The van der Waals surface area contributed by atoms with Crippen LogP contribution in [0.25, 0.3) is 0 Å². The molecule has 62 valence electrons. The van der Waals surface area contributed by atoms with Crippen LogP contribution in [0.5, 0.6) is 0 Å². The SMILES string of the molecule is O=C1CC2C(Cl)CC1C2CO. The van der Waals surface area contributed by atoms with Crippen LogP contribution in [-0.4, -0.2) is 22.9 Å². The van der Waals surface area contributed by atoms with Crippen molar-refractivity contribution in [3.05, 3.63) is 0 Å². The minimum atomic E-state index is 0.0764. The van der Waals surface area contributed by atoms with Crippen LogP contribution in [0.1, 0.15) is 12.8 Å². The van der Waals surface area contributed by atoms with Gasteiger partial charge in [0.05, 0.1) is 0 Å². The van der Waals surface area contributed by atoms with Crippen molar-refractivity contribution in [2.45, 2.75) is 18.2 Å². The van der Waals surface area contributed by atoms with Gasteiger partial charge >= 0.3 is 0 Å². The molecular weight excluding hydrogens is 164 g/mol. The van der Waals surface area contributed by atoms with Gasteiger partial charge in [-0.2, -0.15) is 0 Å². The maximum atomic E-state index is 11.2. The number of alkyl halides is 1. The van der Waals surface area contributed by atoms with Gasteiger partial charge in [0.2, 0.25) is 0 Å². The van der Waals surface area contributed by atoms with Crippen LogP contribution < -0.4 is 0 Å². The summed E-state index contributed by atoms with van der Waals surface area (Å²) in [4.78, 5) is 11.2. The van der Waals surface area contributed by atoms with Crippen molar-refractivity contribution >= 4 is 17.4 Å². The summed E-state index contributed by atoms with van der Waals surface area (Å²) in [5.41, 5.74) is 0. The summed E-state index contributed by atoms with van der Waals surface area (Å²) < 4.78 is 0. The number of rotatable bonds is 1. The standard InChI is InChI=1S/C8H11ClO2/c9-7-1-5-6(3-10)4(7)2-8(5)11/h4-7,10H,1-3H2. The van der Waals surface area contributed by atoms with Crippen molar-refractivity contribution in [2.75, 3.05) is 6.61 Å². The first kappa shape index (κ1) is 7.56. The number of carbonyl (C=O) groups is 1. The van der Waals surface area contributed by atoms with Gasteiger partial charge in [0.1, 0.15) is 5.78 Å². The molecule has 4 unspecified atom stereocenters. The lowest BCUT2D eigenvalue weighted by Gasteiger charge is -2.13. The molecule has 2 aliphatic rings. The van der Waals surface area contributed by atoms with Gasteiger partial charge < -0.3 is 5.11 Å². The predicted octanol–water partition coefficient (Wildman–Crippen LogP) is 0.811. The third-order valence-electron chi connectivity index (χ3n) is 3.07. The second-order valence-electron chi connectivity index (χ2n) is 3.54. The average Bonchev–Trinajstić information content (AvgIpc) is 2.42. The molecule has 2 saturated carbocycles. The van der Waals surface area contributed by atoms with E-state index in [2.05, 4.69) is 0 Å². The van der Waals surface area contributed by atoms with E-state index in [4.69, 9.17) is 16.7 Å². The highest BCUT2D eigenvalue weighted by Gasteiger charge is 2.51. The molecule has 2 nitrogen and oxygen atoms in total. The van der Waals surface area contributed by atoms with Crippen LogP contribution in [-0.2, 0) is 4.79 Å². The van der Waals surface area contributed by atoms with Crippen molar-refractivity contribution in [1.29, 1.82) is 0 Å². The molecule has 0 aromatic rings. The van der Waals surface area contributed by atoms with Gasteiger partial charge in [0, 0.05) is 24.3 Å². The van der Waals surface area contributed by atoms with Crippen LogP contribution >= 0.6 is 11.6 Å². The molecule has 0 spiro atoms. The quantitative estimate of drug-likeness (QED) is 0.598. The maximum absolute atomic E-state index is 11.2. The zero-order valence-electron chi connectivity index (χ0n) is 6.16. The Morgan fingerprint density at radius 2 is 2.36 bits per heavy atom. The van der Waals surface area contributed by atoms with E-state index in [0.29, 0.717) is 12.2 Å². The summed E-state index contributed by atoms with van der Waals surface area (Å²) in [5.74, 6) is 0.822. The highest BCUT2D eigenvalue weighted by Crippen LogP contribution is 2.49. The molecule has 0 aromatic heterocycles. The van der Waals surface area contributed by atoms with Gasteiger partial charge in [0.15, 0.2) is 0 Å². The van der Waals surface area contributed by atoms with E-state index in [1.165, 1.54) is 0 Å². The number of fused-ring (bicyclic) bond motifs is 2. The normalized spacial score (nSPS) is 48.7. The maximum Gasteiger partial charge on any atom is 0.136 e. The van der Waals surface area contributed by atoms with Gasteiger partial charge in [-0.3, -0.25) is 4.79 Å². The lowest BCUT2D eigenvalue weighted by molar-refractivity contribution is -0.122. The number of hydrogen-bond donors (Lipinski definition) is 1. The van der Waals surface area contributed by atoms with Crippen LogP contribution in [0.4, 0.5) is 0 Å². The average molecular weight is 175 g/mol. The molecule has 4 atom stereocenters. The van der Waals surface area contributed by atoms with Crippen molar-refractivity contribution in [3.8, 4) is 0 Å². The third kappa shape index (κ3) is 0.926. The topological polar surface area (TPSA) is 37.3 Å². The van der Waals surface area contributed by atoms with Crippen molar-refractivity contribution in [1.82, 2.24) is 0 Å². The van der Waals surface area contributed by atoms with Crippen molar-refractivity contribution in [3.63, 3.8) is 0 Å². The number of ketones is 1. The molecule has 2 rings (SSSR count). The zero-order valence-corrected chi connectivity index (χ0v) is 6.92. The molecule has 0 amide bonds. The monoisotopic (exact) mass is 174 g/mol. The smallest absolute Gasteiger partial charge is 0.136 e. The molecule has 2 fully saturated rings. The van der Waals surface area contributed by atoms with Crippen molar-refractivity contribution in [2.24, 2.45) is 17.8 Å². The van der Waals surface area contributed by atoms with E-state index in [1.54, 1.807) is 0 Å². The fourth-order valence-corrected chi connectivity index (χ4v) is 2.92. The van der Waals surface area contributed by atoms with E-state index in [0.717, 1.165) is 6.42 Å². The largest absolute Gasteiger partial charge is 0.396 e. The van der Waals surface area contributed by atoms with E-state index in [-0.39, 0.29) is 29.7 Å². The molecule has 2 bridgehead atoms. The fraction of sp³-hybridized carbons (Fsp3) is 0.875. The first-order valence-corrected chi connectivity index (χ1v) is 4.45. The number of hydrogen-bond acceptors (Lipinski definition) is 2. The van der Waals surface area contributed by atoms with E-state index in [1.807, 2.05) is 0 Å². The van der Waals surface area contributed by atoms with E-state index < -0.39 is 0 Å². The third-order valence-corrected chi connectivity index (χ3v) is 3.57. The number of halogens is 1. The number of Topliss-reactive ketones (excluding diaryl/α,β-unsaturated/α-hetero) is 1. The second-order valence-corrected chi connectivity index (χ2v) is 4.10. The first-order valence-electron chi connectivity index (χ1n) is 4.01. The number of carbonyl (C=O) groups excluding carboxylic acids is 1. The Morgan fingerprint density at radius 3 is 2.73 bits per heavy atom. The molecule has 0 aromatic carbocycles. The van der Waals surface area contributed by atoms with Crippen LogP contribution in [0.3, 0.4) is 0 Å². The predicted molar refractivity (Wildman–Crippen MR) is 41.4 cm³/mol. The molecule has 0 aliphatic heterocycles.